The van der Waals surface area contributed by atoms with Gasteiger partial charge in [0.1, 0.15) is 0 Å². The number of ether oxygens (including phenoxy) is 1. The number of carbonyl (C=O) groups is 1. The number of hydrogen-bond acceptors (Lipinski definition) is 6. The Morgan fingerprint density at radius 2 is 1.70 bits per heavy atom. The Labute approximate surface area is 160 Å². The van der Waals surface area contributed by atoms with Crippen molar-refractivity contribution in [2.75, 3.05) is 52.5 Å². The van der Waals surface area contributed by atoms with Gasteiger partial charge in [0, 0.05) is 25.2 Å². The number of rotatable bonds is 7. The summed E-state index contributed by atoms with van der Waals surface area (Å²) in [6.07, 6.45) is 3.71. The topological polar surface area (TPSA) is 88.2 Å². The fourth-order valence-corrected chi connectivity index (χ4v) is 4.66. The third kappa shape index (κ3) is 5.49. The van der Waals surface area contributed by atoms with Gasteiger partial charge < -0.3 is 9.64 Å². The van der Waals surface area contributed by atoms with Gasteiger partial charge in [-0.25, -0.2) is 13.9 Å². The van der Waals surface area contributed by atoms with Gasteiger partial charge in [-0.3, -0.25) is 9.63 Å². The monoisotopic (exact) mass is 397 g/mol. The maximum Gasteiger partial charge on any atom is 0.274 e. The Kier molecular flexibility index (Phi) is 7.20. The van der Waals surface area contributed by atoms with E-state index in [9.17, 15) is 13.2 Å². The lowest BCUT2D eigenvalue weighted by molar-refractivity contribution is 0.0206. The second-order valence-electron chi connectivity index (χ2n) is 6.72. The fourth-order valence-electron chi connectivity index (χ4n) is 3.25. The molecule has 3 rings (SSSR count). The van der Waals surface area contributed by atoms with E-state index in [0.29, 0.717) is 38.5 Å². The second-order valence-corrected chi connectivity index (χ2v) is 8.66. The van der Waals surface area contributed by atoms with Crippen LogP contribution in [0.5, 0.6) is 0 Å². The van der Waals surface area contributed by atoms with E-state index in [-0.39, 0.29) is 10.8 Å². The minimum absolute atomic E-state index is 0.173. The van der Waals surface area contributed by atoms with Crippen LogP contribution in [0.3, 0.4) is 0 Å². The summed E-state index contributed by atoms with van der Waals surface area (Å²) in [5.41, 5.74) is 2.77. The molecule has 0 aromatic heterocycles. The molecule has 2 fully saturated rings. The Balaban J connectivity index is 1.48. The highest BCUT2D eigenvalue weighted by Crippen LogP contribution is 2.17. The van der Waals surface area contributed by atoms with Crippen molar-refractivity contribution in [2.45, 2.75) is 24.2 Å². The van der Waals surface area contributed by atoms with Gasteiger partial charge in [-0.15, -0.1) is 0 Å². The molecule has 8 nitrogen and oxygen atoms in total. The molecule has 1 aromatic carbocycles. The van der Waals surface area contributed by atoms with E-state index in [4.69, 9.17) is 9.57 Å². The van der Waals surface area contributed by atoms with Crippen LogP contribution < -0.4 is 5.48 Å². The molecule has 27 heavy (non-hydrogen) atoms. The lowest BCUT2D eigenvalue weighted by Crippen LogP contribution is -2.40. The van der Waals surface area contributed by atoms with E-state index in [0.717, 1.165) is 19.6 Å². The van der Waals surface area contributed by atoms with E-state index in [1.807, 2.05) is 0 Å². The highest BCUT2D eigenvalue weighted by molar-refractivity contribution is 7.89. The van der Waals surface area contributed by atoms with Gasteiger partial charge in [-0.05, 0) is 50.2 Å². The molecule has 2 aliphatic heterocycles. The Bertz CT molecular complexity index is 711. The number of hydroxylamine groups is 1. The Morgan fingerprint density at radius 3 is 2.37 bits per heavy atom. The smallest absolute Gasteiger partial charge is 0.274 e. The molecule has 2 saturated heterocycles. The van der Waals surface area contributed by atoms with E-state index >= 15 is 0 Å². The molecule has 2 heterocycles. The fraction of sp³-hybridized carbons (Fsp3) is 0.611. The van der Waals surface area contributed by atoms with Crippen molar-refractivity contribution >= 4 is 15.9 Å². The number of piperidine rings is 1. The van der Waals surface area contributed by atoms with Gasteiger partial charge >= 0.3 is 0 Å². The average Bonchev–Trinajstić information content (AvgIpc) is 2.72. The number of morpholine rings is 1. The van der Waals surface area contributed by atoms with E-state index < -0.39 is 10.0 Å². The molecule has 0 atom stereocenters. The van der Waals surface area contributed by atoms with Crippen molar-refractivity contribution in [2.24, 2.45) is 0 Å². The average molecular weight is 397 g/mol. The van der Waals surface area contributed by atoms with Crippen molar-refractivity contribution in [3.63, 3.8) is 0 Å². The molecule has 150 valence electrons. The lowest BCUT2D eigenvalue weighted by atomic mass is 10.1. The van der Waals surface area contributed by atoms with Gasteiger partial charge in [-0.1, -0.05) is 6.42 Å². The van der Waals surface area contributed by atoms with Crippen molar-refractivity contribution in [3.8, 4) is 0 Å². The largest absolute Gasteiger partial charge is 0.379 e. The molecule has 9 heteroatoms. The number of sulfonamides is 1. The van der Waals surface area contributed by atoms with E-state index in [1.54, 1.807) is 0 Å². The molecule has 0 spiro atoms. The summed E-state index contributed by atoms with van der Waals surface area (Å²) >= 11 is 0. The summed E-state index contributed by atoms with van der Waals surface area (Å²) < 4.78 is 31.7. The third-order valence-electron chi connectivity index (χ3n) is 4.85. The van der Waals surface area contributed by atoms with Crippen molar-refractivity contribution < 1.29 is 22.8 Å². The number of nitrogens with one attached hydrogen (secondary N) is 1. The zero-order valence-corrected chi connectivity index (χ0v) is 16.2. The van der Waals surface area contributed by atoms with E-state index in [1.165, 1.54) is 47.8 Å². The standard InChI is InChI=1S/C18H27N3O5S/c22-18(19-26-15-10-20-8-2-1-3-9-20)16-4-6-17(7-5-16)27(23,24)21-11-13-25-14-12-21/h4-7H,1-3,8-15H2,(H,19,22). The summed E-state index contributed by atoms with van der Waals surface area (Å²) in [6.45, 7) is 4.85. The maximum atomic E-state index is 12.6. The van der Waals surface area contributed by atoms with Crippen LogP contribution in [0.1, 0.15) is 29.6 Å². The first-order valence-corrected chi connectivity index (χ1v) is 10.8. The maximum absolute atomic E-state index is 12.6. The summed E-state index contributed by atoms with van der Waals surface area (Å²) in [5.74, 6) is -0.385. The molecule has 0 aliphatic carbocycles. The minimum Gasteiger partial charge on any atom is -0.379 e. The van der Waals surface area contributed by atoms with Crippen LogP contribution in [0.15, 0.2) is 29.2 Å². The second kappa shape index (κ2) is 9.61. The highest BCUT2D eigenvalue weighted by atomic mass is 32.2. The van der Waals surface area contributed by atoms with Crippen molar-refractivity contribution in [1.82, 2.24) is 14.7 Å². The predicted molar refractivity (Wildman–Crippen MR) is 99.7 cm³/mol. The molecular formula is C18H27N3O5S. The molecule has 0 unspecified atom stereocenters. The molecule has 1 amide bonds. The summed E-state index contributed by atoms with van der Waals surface area (Å²) in [6, 6.07) is 5.90. The zero-order chi connectivity index (χ0) is 19.1. The van der Waals surface area contributed by atoms with Crippen LogP contribution in [0.4, 0.5) is 0 Å². The number of amides is 1. The van der Waals surface area contributed by atoms with Gasteiger partial charge in [0.05, 0.1) is 24.7 Å². The zero-order valence-electron chi connectivity index (χ0n) is 15.4. The third-order valence-corrected chi connectivity index (χ3v) is 6.76. The van der Waals surface area contributed by atoms with Crippen LogP contribution in [0.2, 0.25) is 0 Å². The molecule has 0 radical (unpaired) electrons. The summed E-state index contributed by atoms with van der Waals surface area (Å²) in [4.78, 5) is 19.9. The first-order chi connectivity index (χ1) is 13.1. The Morgan fingerprint density at radius 1 is 1.04 bits per heavy atom. The van der Waals surface area contributed by atoms with Crippen molar-refractivity contribution in [3.05, 3.63) is 29.8 Å². The van der Waals surface area contributed by atoms with Gasteiger partial charge in [0.2, 0.25) is 10.0 Å². The molecular weight excluding hydrogens is 370 g/mol. The normalized spacial score (nSPS) is 19.7. The van der Waals surface area contributed by atoms with E-state index in [2.05, 4.69) is 10.4 Å². The number of hydrogen-bond donors (Lipinski definition) is 1. The van der Waals surface area contributed by atoms with Crippen molar-refractivity contribution in [1.29, 1.82) is 0 Å². The molecule has 0 bridgehead atoms. The lowest BCUT2D eigenvalue weighted by Gasteiger charge is -2.26. The predicted octanol–water partition coefficient (Wildman–Crippen LogP) is 0.855. The Hall–Kier alpha value is -1.52. The van der Waals surface area contributed by atoms with Gasteiger partial charge in [0.25, 0.3) is 5.91 Å². The summed E-state index contributed by atoms with van der Waals surface area (Å²) in [7, 11) is -3.55. The number of nitrogens with zero attached hydrogens (tertiary/aromatic N) is 2. The van der Waals surface area contributed by atoms with Crippen LogP contribution in [0, 0.1) is 0 Å². The molecule has 2 aliphatic rings. The summed E-state index contributed by atoms with van der Waals surface area (Å²) in [5, 5.41) is 0. The van der Waals surface area contributed by atoms with Crippen LogP contribution in [-0.2, 0) is 19.6 Å². The SMILES string of the molecule is O=C(NOCCN1CCCCC1)c1ccc(S(=O)(=O)N2CCOCC2)cc1. The minimum atomic E-state index is -3.55. The van der Waals surface area contributed by atoms with Crippen LogP contribution in [-0.4, -0.2) is 76.1 Å². The quantitative estimate of drug-likeness (QED) is 0.542. The highest BCUT2D eigenvalue weighted by Gasteiger charge is 2.26. The first-order valence-electron chi connectivity index (χ1n) is 9.40. The number of carbonyl (C=O) groups excluding carboxylic acids is 1. The van der Waals surface area contributed by atoms with Gasteiger partial charge in [-0.2, -0.15) is 4.31 Å². The number of benzene rings is 1. The van der Waals surface area contributed by atoms with Gasteiger partial charge in [0.15, 0.2) is 0 Å². The van der Waals surface area contributed by atoms with Crippen LogP contribution >= 0.6 is 0 Å². The van der Waals surface area contributed by atoms with Crippen LogP contribution in [0.25, 0.3) is 0 Å². The molecule has 0 saturated carbocycles. The number of likely N-dealkylation sites (tertiary alicyclic amines) is 1. The molecule has 1 N–H and O–H groups in total. The first kappa shape index (κ1) is 20.2. The molecule has 1 aromatic rings.